The molecule has 5 heteroatoms. The average molecular weight is 335 g/mol. The summed E-state index contributed by atoms with van der Waals surface area (Å²) in [5, 5.41) is 3.05. The van der Waals surface area contributed by atoms with E-state index in [1.165, 1.54) is 0 Å². The summed E-state index contributed by atoms with van der Waals surface area (Å²) in [5.41, 5.74) is 1.79. The molecule has 2 aromatic rings. The van der Waals surface area contributed by atoms with Crippen molar-refractivity contribution in [2.45, 2.75) is 26.3 Å². The van der Waals surface area contributed by atoms with Crippen molar-refractivity contribution in [2.24, 2.45) is 17.8 Å². The minimum absolute atomic E-state index is 0.109. The number of pyridine rings is 2. The number of nitrogens with zero attached hydrogens (tertiary/aromatic N) is 2. The Kier molecular flexibility index (Phi) is 4.22. The first-order chi connectivity index (χ1) is 12.2. The summed E-state index contributed by atoms with van der Waals surface area (Å²) in [6.07, 6.45) is 9.90. The molecule has 1 N–H and O–H groups in total. The van der Waals surface area contributed by atoms with Crippen molar-refractivity contribution in [3.8, 4) is 11.6 Å². The van der Waals surface area contributed by atoms with Gasteiger partial charge in [0.25, 0.3) is 0 Å². The van der Waals surface area contributed by atoms with E-state index in [-0.39, 0.29) is 11.8 Å². The van der Waals surface area contributed by atoms with Gasteiger partial charge in [0.1, 0.15) is 5.75 Å². The van der Waals surface area contributed by atoms with Crippen molar-refractivity contribution in [1.82, 2.24) is 15.3 Å². The van der Waals surface area contributed by atoms with E-state index >= 15 is 0 Å². The standard InChI is InChI=1S/C20H21N3O2/c1-13-4-7-17(12-22-13)25-20-16(3-2-8-21-20)11-23-19(24)18-10-14-5-6-15(18)9-14/h2-8,12,14-15,18H,9-11H2,1H3,(H,23,24)/t14-,15+,18+/m0/s1. The number of allylic oxidation sites excluding steroid dienone is 2. The van der Waals surface area contributed by atoms with Gasteiger partial charge in [-0.25, -0.2) is 4.98 Å². The molecule has 0 aliphatic heterocycles. The van der Waals surface area contributed by atoms with Crippen molar-refractivity contribution in [2.75, 3.05) is 0 Å². The smallest absolute Gasteiger partial charge is 0.224 e. The average Bonchev–Trinajstić information content (AvgIpc) is 3.26. The Labute approximate surface area is 147 Å². The summed E-state index contributed by atoms with van der Waals surface area (Å²) in [4.78, 5) is 21.0. The Bertz CT molecular complexity index is 801. The maximum Gasteiger partial charge on any atom is 0.224 e. The van der Waals surface area contributed by atoms with E-state index in [9.17, 15) is 4.79 Å². The Morgan fingerprint density at radius 1 is 1.24 bits per heavy atom. The third kappa shape index (κ3) is 3.40. The molecule has 128 valence electrons. The van der Waals surface area contributed by atoms with Gasteiger partial charge in [0.05, 0.1) is 6.20 Å². The molecule has 0 aromatic carbocycles. The summed E-state index contributed by atoms with van der Waals surface area (Å²) in [6.45, 7) is 2.34. The van der Waals surface area contributed by atoms with E-state index in [0.717, 1.165) is 24.1 Å². The van der Waals surface area contributed by atoms with Crippen LogP contribution in [0.4, 0.5) is 0 Å². The lowest BCUT2D eigenvalue weighted by Gasteiger charge is -2.18. The molecule has 1 amide bonds. The summed E-state index contributed by atoms with van der Waals surface area (Å²) in [6, 6.07) is 7.52. The van der Waals surface area contributed by atoms with Gasteiger partial charge in [-0.05, 0) is 49.8 Å². The highest BCUT2D eigenvalue weighted by molar-refractivity contribution is 5.80. The van der Waals surface area contributed by atoms with E-state index in [4.69, 9.17) is 4.74 Å². The molecule has 1 saturated carbocycles. The van der Waals surface area contributed by atoms with Gasteiger partial charge in [0.15, 0.2) is 0 Å². The zero-order valence-corrected chi connectivity index (χ0v) is 14.2. The van der Waals surface area contributed by atoms with Crippen molar-refractivity contribution >= 4 is 5.91 Å². The highest BCUT2D eigenvalue weighted by Crippen LogP contribution is 2.43. The molecular weight excluding hydrogens is 314 g/mol. The molecule has 0 unspecified atom stereocenters. The Morgan fingerprint density at radius 3 is 2.88 bits per heavy atom. The first-order valence-corrected chi connectivity index (χ1v) is 8.69. The molecule has 2 aliphatic rings. The number of hydrogen-bond acceptors (Lipinski definition) is 4. The number of fused-ring (bicyclic) bond motifs is 2. The number of rotatable bonds is 5. The van der Waals surface area contributed by atoms with E-state index in [1.54, 1.807) is 12.4 Å². The molecule has 0 saturated heterocycles. The number of carbonyl (C=O) groups is 1. The van der Waals surface area contributed by atoms with E-state index < -0.39 is 0 Å². The number of nitrogens with one attached hydrogen (secondary N) is 1. The molecule has 0 radical (unpaired) electrons. The number of ether oxygens (including phenoxy) is 1. The van der Waals surface area contributed by atoms with Crippen LogP contribution in [0.5, 0.6) is 11.6 Å². The third-order valence-electron chi connectivity index (χ3n) is 5.02. The van der Waals surface area contributed by atoms with Crippen molar-refractivity contribution in [3.05, 3.63) is 60.1 Å². The van der Waals surface area contributed by atoms with E-state index in [0.29, 0.717) is 30.0 Å². The molecule has 1 fully saturated rings. The first-order valence-electron chi connectivity index (χ1n) is 8.69. The number of aromatic nitrogens is 2. The van der Waals surface area contributed by atoms with Crippen LogP contribution in [0.15, 0.2) is 48.8 Å². The van der Waals surface area contributed by atoms with Crippen LogP contribution in [-0.4, -0.2) is 15.9 Å². The van der Waals surface area contributed by atoms with Crippen LogP contribution in [0.3, 0.4) is 0 Å². The SMILES string of the molecule is Cc1ccc(Oc2ncccc2CNC(=O)[C@@H]2C[C@H]3C=C[C@@H]2C3)cn1. The zero-order valence-electron chi connectivity index (χ0n) is 14.2. The topological polar surface area (TPSA) is 64.1 Å². The van der Waals surface area contributed by atoms with Crippen LogP contribution in [0.2, 0.25) is 0 Å². The number of aryl methyl sites for hydroxylation is 1. The molecule has 25 heavy (non-hydrogen) atoms. The normalized spacial score (nSPS) is 23.6. The van der Waals surface area contributed by atoms with Crippen LogP contribution >= 0.6 is 0 Å². The van der Waals surface area contributed by atoms with E-state index in [1.807, 2.05) is 31.2 Å². The van der Waals surface area contributed by atoms with Crippen molar-refractivity contribution in [3.63, 3.8) is 0 Å². The maximum atomic E-state index is 12.5. The monoisotopic (exact) mass is 335 g/mol. The van der Waals surface area contributed by atoms with Gasteiger partial charge in [0, 0.05) is 29.9 Å². The van der Waals surface area contributed by atoms with E-state index in [2.05, 4.69) is 27.4 Å². The summed E-state index contributed by atoms with van der Waals surface area (Å²) in [5.74, 6) is 2.37. The zero-order chi connectivity index (χ0) is 17.2. The van der Waals surface area contributed by atoms with Gasteiger partial charge >= 0.3 is 0 Å². The lowest BCUT2D eigenvalue weighted by Crippen LogP contribution is -2.32. The van der Waals surface area contributed by atoms with Gasteiger partial charge in [-0.3, -0.25) is 9.78 Å². The Morgan fingerprint density at radius 2 is 2.16 bits per heavy atom. The van der Waals surface area contributed by atoms with Crippen molar-refractivity contribution in [1.29, 1.82) is 0 Å². The van der Waals surface area contributed by atoms with Crippen molar-refractivity contribution < 1.29 is 9.53 Å². The Balaban J connectivity index is 1.41. The minimum atomic E-state index is 0.109. The quantitative estimate of drug-likeness (QED) is 0.851. The largest absolute Gasteiger partial charge is 0.437 e. The molecule has 2 aromatic heterocycles. The predicted octanol–water partition coefficient (Wildman–Crippen LogP) is 3.41. The van der Waals surface area contributed by atoms with Crippen LogP contribution in [0.25, 0.3) is 0 Å². The Hall–Kier alpha value is -2.69. The second kappa shape index (κ2) is 6.67. The van der Waals surface area contributed by atoms with Crippen LogP contribution in [-0.2, 0) is 11.3 Å². The predicted molar refractivity (Wildman–Crippen MR) is 94.0 cm³/mol. The van der Waals surface area contributed by atoms with Gasteiger partial charge < -0.3 is 10.1 Å². The fourth-order valence-corrected chi connectivity index (χ4v) is 3.67. The van der Waals surface area contributed by atoms with Gasteiger partial charge in [-0.2, -0.15) is 0 Å². The second-order valence-electron chi connectivity index (χ2n) is 6.81. The summed E-state index contributed by atoms with van der Waals surface area (Å²) in [7, 11) is 0. The lowest BCUT2D eigenvalue weighted by atomic mass is 9.93. The van der Waals surface area contributed by atoms with Gasteiger partial charge in [-0.15, -0.1) is 0 Å². The highest BCUT2D eigenvalue weighted by Gasteiger charge is 2.39. The molecule has 2 aliphatic carbocycles. The van der Waals surface area contributed by atoms with Crippen LogP contribution in [0.1, 0.15) is 24.1 Å². The molecule has 2 bridgehead atoms. The number of hydrogen-bond donors (Lipinski definition) is 1. The van der Waals surface area contributed by atoms with Crippen LogP contribution < -0.4 is 10.1 Å². The fourth-order valence-electron chi connectivity index (χ4n) is 3.67. The summed E-state index contributed by atoms with van der Waals surface area (Å²) < 4.78 is 5.84. The molecule has 3 atom stereocenters. The number of amides is 1. The molecular formula is C20H21N3O2. The fraction of sp³-hybridized carbons (Fsp3) is 0.350. The molecule has 2 heterocycles. The number of carbonyl (C=O) groups excluding carboxylic acids is 1. The summed E-state index contributed by atoms with van der Waals surface area (Å²) >= 11 is 0. The lowest BCUT2D eigenvalue weighted by molar-refractivity contribution is -0.125. The van der Waals surface area contributed by atoms with Crippen LogP contribution in [0, 0.1) is 24.7 Å². The second-order valence-corrected chi connectivity index (χ2v) is 6.81. The molecule has 4 rings (SSSR count). The first kappa shape index (κ1) is 15.8. The molecule has 0 spiro atoms. The van der Waals surface area contributed by atoms with Gasteiger partial charge in [-0.1, -0.05) is 18.2 Å². The maximum absolute atomic E-state index is 12.5. The molecule has 5 nitrogen and oxygen atoms in total. The highest BCUT2D eigenvalue weighted by atomic mass is 16.5. The van der Waals surface area contributed by atoms with Gasteiger partial charge in [0.2, 0.25) is 11.8 Å². The third-order valence-corrected chi connectivity index (χ3v) is 5.02. The minimum Gasteiger partial charge on any atom is -0.437 e.